The summed E-state index contributed by atoms with van der Waals surface area (Å²) in [6, 6.07) is 8.28. The first-order valence-electron chi connectivity index (χ1n) is 7.18. The van der Waals surface area contributed by atoms with Crippen molar-refractivity contribution >= 4 is 11.7 Å². The van der Waals surface area contributed by atoms with E-state index in [4.69, 9.17) is 5.11 Å². The fourth-order valence-corrected chi connectivity index (χ4v) is 2.21. The van der Waals surface area contributed by atoms with Crippen molar-refractivity contribution < 1.29 is 9.90 Å². The van der Waals surface area contributed by atoms with E-state index in [1.54, 1.807) is 11.7 Å². The van der Waals surface area contributed by atoms with Crippen molar-refractivity contribution in [2.45, 2.75) is 32.7 Å². The zero-order valence-electron chi connectivity index (χ0n) is 12.5. The third-order valence-electron chi connectivity index (χ3n) is 3.52. The predicted octanol–water partition coefficient (Wildman–Crippen LogP) is 3.07. The number of aromatic carboxylic acids is 1. The number of carbonyl (C=O) groups is 1. The summed E-state index contributed by atoms with van der Waals surface area (Å²) in [6.45, 7) is 2.62. The Labute approximate surface area is 124 Å². The maximum Gasteiger partial charge on any atom is 0.339 e. The summed E-state index contributed by atoms with van der Waals surface area (Å²) in [5.41, 5.74) is 3.21. The first-order chi connectivity index (χ1) is 10.1. The van der Waals surface area contributed by atoms with Gasteiger partial charge < -0.3 is 10.4 Å². The maximum absolute atomic E-state index is 11.1. The van der Waals surface area contributed by atoms with Crippen LogP contribution >= 0.6 is 0 Å². The molecule has 0 unspecified atom stereocenters. The lowest BCUT2D eigenvalue weighted by atomic mass is 10.1. The van der Waals surface area contributed by atoms with Gasteiger partial charge in [-0.1, -0.05) is 25.5 Å². The van der Waals surface area contributed by atoms with Crippen LogP contribution in [0.4, 0.5) is 5.69 Å². The number of anilines is 1. The van der Waals surface area contributed by atoms with Gasteiger partial charge in [-0.05, 0) is 30.5 Å². The molecule has 0 bridgehead atoms. The van der Waals surface area contributed by atoms with E-state index in [0.29, 0.717) is 12.2 Å². The zero-order valence-corrected chi connectivity index (χ0v) is 12.5. The van der Waals surface area contributed by atoms with E-state index >= 15 is 0 Å². The molecule has 0 amide bonds. The minimum atomic E-state index is -0.949. The van der Waals surface area contributed by atoms with Gasteiger partial charge in [0.25, 0.3) is 0 Å². The second-order valence-corrected chi connectivity index (χ2v) is 5.09. The molecular weight excluding hydrogens is 266 g/mol. The molecule has 1 aromatic heterocycles. The number of nitrogens with one attached hydrogen (secondary N) is 1. The fraction of sp³-hybridized carbons (Fsp3) is 0.375. The Morgan fingerprint density at radius 3 is 2.67 bits per heavy atom. The van der Waals surface area contributed by atoms with E-state index < -0.39 is 5.97 Å². The molecule has 2 rings (SSSR count). The van der Waals surface area contributed by atoms with E-state index in [2.05, 4.69) is 29.5 Å². The molecule has 5 heteroatoms. The number of benzene rings is 1. The third-order valence-corrected chi connectivity index (χ3v) is 3.52. The molecule has 0 aliphatic rings. The van der Waals surface area contributed by atoms with Crippen LogP contribution in [0, 0.1) is 0 Å². The Morgan fingerprint density at radius 2 is 2.05 bits per heavy atom. The van der Waals surface area contributed by atoms with Crippen LogP contribution in [0.5, 0.6) is 0 Å². The van der Waals surface area contributed by atoms with E-state index in [1.807, 2.05) is 12.1 Å². The van der Waals surface area contributed by atoms with Crippen molar-refractivity contribution in [1.82, 2.24) is 9.78 Å². The summed E-state index contributed by atoms with van der Waals surface area (Å²) in [5.74, 6) is -0.949. The average Bonchev–Trinajstić information content (AvgIpc) is 2.85. The highest BCUT2D eigenvalue weighted by atomic mass is 16.4. The van der Waals surface area contributed by atoms with Crippen LogP contribution < -0.4 is 5.32 Å². The van der Waals surface area contributed by atoms with E-state index in [9.17, 15) is 4.79 Å². The Morgan fingerprint density at radius 1 is 1.33 bits per heavy atom. The van der Waals surface area contributed by atoms with E-state index in [-0.39, 0.29) is 5.56 Å². The molecule has 5 nitrogen and oxygen atoms in total. The number of carboxylic acids is 1. The van der Waals surface area contributed by atoms with Crippen LogP contribution in [0.15, 0.2) is 30.5 Å². The number of hydrogen-bond donors (Lipinski definition) is 2. The molecule has 0 aliphatic heterocycles. The number of carboxylic acid groups (broad SMARTS) is 1. The lowest BCUT2D eigenvalue weighted by molar-refractivity contribution is 0.0695. The molecule has 21 heavy (non-hydrogen) atoms. The molecule has 2 aromatic rings. The molecule has 0 saturated heterocycles. The number of nitrogens with zero attached hydrogens (tertiary/aromatic N) is 2. The van der Waals surface area contributed by atoms with Gasteiger partial charge in [0.15, 0.2) is 0 Å². The van der Waals surface area contributed by atoms with Crippen LogP contribution in [-0.4, -0.2) is 20.9 Å². The molecule has 1 aromatic carbocycles. The number of unbranched alkanes of at least 4 members (excludes halogenated alkanes) is 1. The van der Waals surface area contributed by atoms with Gasteiger partial charge >= 0.3 is 5.97 Å². The monoisotopic (exact) mass is 287 g/mol. The van der Waals surface area contributed by atoms with Gasteiger partial charge in [-0.3, -0.25) is 4.68 Å². The quantitative estimate of drug-likeness (QED) is 0.821. The second kappa shape index (κ2) is 6.92. The molecule has 0 fully saturated rings. The summed E-state index contributed by atoms with van der Waals surface area (Å²) in [4.78, 5) is 11.1. The van der Waals surface area contributed by atoms with Gasteiger partial charge in [0.2, 0.25) is 0 Å². The number of hydrogen-bond acceptors (Lipinski definition) is 3. The fourth-order valence-electron chi connectivity index (χ4n) is 2.21. The molecule has 1 heterocycles. The van der Waals surface area contributed by atoms with Crippen molar-refractivity contribution in [2.24, 2.45) is 7.05 Å². The van der Waals surface area contributed by atoms with Crippen LogP contribution in [0.1, 0.15) is 41.4 Å². The Balaban J connectivity index is 2.00. The first kappa shape index (κ1) is 15.1. The summed E-state index contributed by atoms with van der Waals surface area (Å²) >= 11 is 0. The highest BCUT2D eigenvalue weighted by molar-refractivity contribution is 5.88. The third kappa shape index (κ3) is 3.84. The first-order valence-corrected chi connectivity index (χ1v) is 7.18. The summed E-state index contributed by atoms with van der Waals surface area (Å²) in [7, 11) is 1.75. The molecule has 2 N–H and O–H groups in total. The SMILES string of the molecule is CCCCc1ccc(NCc2c(C(=O)O)cnn2C)cc1. The van der Waals surface area contributed by atoms with Gasteiger partial charge in [0.1, 0.15) is 5.56 Å². The average molecular weight is 287 g/mol. The van der Waals surface area contributed by atoms with Gasteiger partial charge in [-0.25, -0.2) is 4.79 Å². The Kier molecular flexibility index (Phi) is 4.98. The zero-order chi connectivity index (χ0) is 15.2. The van der Waals surface area contributed by atoms with Crippen molar-refractivity contribution in [3.05, 3.63) is 47.3 Å². The van der Waals surface area contributed by atoms with Crippen molar-refractivity contribution in [3.8, 4) is 0 Å². The van der Waals surface area contributed by atoms with E-state index in [1.165, 1.54) is 24.6 Å². The lowest BCUT2D eigenvalue weighted by Crippen LogP contribution is -2.10. The maximum atomic E-state index is 11.1. The van der Waals surface area contributed by atoms with Crippen molar-refractivity contribution in [1.29, 1.82) is 0 Å². The molecule has 0 saturated carbocycles. The molecule has 0 atom stereocenters. The molecule has 0 aliphatic carbocycles. The number of aromatic nitrogens is 2. The van der Waals surface area contributed by atoms with Gasteiger partial charge in [-0.2, -0.15) is 5.10 Å². The van der Waals surface area contributed by atoms with Gasteiger partial charge in [0, 0.05) is 12.7 Å². The highest BCUT2D eigenvalue weighted by Gasteiger charge is 2.14. The molecule has 0 radical (unpaired) electrons. The highest BCUT2D eigenvalue weighted by Crippen LogP contribution is 2.14. The van der Waals surface area contributed by atoms with Gasteiger partial charge in [0.05, 0.1) is 18.4 Å². The van der Waals surface area contributed by atoms with Gasteiger partial charge in [-0.15, -0.1) is 0 Å². The van der Waals surface area contributed by atoms with Crippen molar-refractivity contribution in [2.75, 3.05) is 5.32 Å². The number of aryl methyl sites for hydroxylation is 2. The van der Waals surface area contributed by atoms with Crippen LogP contribution in [0.25, 0.3) is 0 Å². The molecule has 0 spiro atoms. The Hall–Kier alpha value is -2.30. The lowest BCUT2D eigenvalue weighted by Gasteiger charge is -2.09. The van der Waals surface area contributed by atoms with Crippen LogP contribution in [0.3, 0.4) is 0 Å². The smallest absolute Gasteiger partial charge is 0.339 e. The van der Waals surface area contributed by atoms with Crippen LogP contribution in [0.2, 0.25) is 0 Å². The second-order valence-electron chi connectivity index (χ2n) is 5.09. The summed E-state index contributed by atoms with van der Waals surface area (Å²) in [6.07, 6.45) is 4.87. The summed E-state index contributed by atoms with van der Waals surface area (Å²) < 4.78 is 1.59. The number of rotatable bonds is 7. The largest absolute Gasteiger partial charge is 0.478 e. The summed E-state index contributed by atoms with van der Waals surface area (Å²) in [5, 5.41) is 16.3. The minimum Gasteiger partial charge on any atom is -0.478 e. The molecule has 112 valence electrons. The van der Waals surface area contributed by atoms with Crippen LogP contribution in [-0.2, 0) is 20.0 Å². The molecular formula is C16H21N3O2. The Bertz CT molecular complexity index is 602. The normalized spacial score (nSPS) is 10.6. The topological polar surface area (TPSA) is 67.2 Å². The minimum absolute atomic E-state index is 0.240. The standard InChI is InChI=1S/C16H21N3O2/c1-3-4-5-12-6-8-13(9-7-12)17-11-15-14(16(20)21)10-18-19(15)2/h6-10,17H,3-5,11H2,1-2H3,(H,20,21). The van der Waals surface area contributed by atoms with Crippen molar-refractivity contribution in [3.63, 3.8) is 0 Å². The van der Waals surface area contributed by atoms with E-state index in [0.717, 1.165) is 12.1 Å². The predicted molar refractivity (Wildman–Crippen MR) is 82.5 cm³/mol.